The maximum absolute atomic E-state index is 13.4. The van der Waals surface area contributed by atoms with E-state index in [1.165, 1.54) is 6.92 Å². The summed E-state index contributed by atoms with van der Waals surface area (Å²) in [5, 5.41) is 0. The number of esters is 1. The molecule has 1 aromatic carbocycles. The van der Waals surface area contributed by atoms with Crippen molar-refractivity contribution in [3.05, 3.63) is 35.4 Å². The first-order chi connectivity index (χ1) is 10.4. The van der Waals surface area contributed by atoms with E-state index in [0.29, 0.717) is 6.07 Å². The lowest BCUT2D eigenvalue weighted by Gasteiger charge is -2.27. The van der Waals surface area contributed by atoms with Gasteiger partial charge in [-0.1, -0.05) is 18.2 Å². The largest absolute Gasteiger partial charge is 0.462 e. The van der Waals surface area contributed by atoms with Gasteiger partial charge in [0.2, 0.25) is 5.78 Å². The van der Waals surface area contributed by atoms with Gasteiger partial charge in [0.05, 0.1) is 12.2 Å². The number of benzene rings is 1. The number of hydrogen-bond donors (Lipinski definition) is 0. The molecule has 0 spiro atoms. The van der Waals surface area contributed by atoms with Crippen molar-refractivity contribution in [1.29, 1.82) is 0 Å². The molecule has 1 aromatic rings. The molecule has 0 atom stereocenters. The molecule has 0 unspecified atom stereocenters. The van der Waals surface area contributed by atoms with E-state index in [-0.39, 0.29) is 6.61 Å². The van der Waals surface area contributed by atoms with Gasteiger partial charge in [0.1, 0.15) is 0 Å². The average Bonchev–Trinajstić information content (AvgIpc) is 2.45. The number of rotatable bonds is 5. The van der Waals surface area contributed by atoms with Crippen LogP contribution in [0.25, 0.3) is 0 Å². The van der Waals surface area contributed by atoms with Gasteiger partial charge in [-0.3, -0.25) is 4.79 Å². The lowest BCUT2D eigenvalue weighted by molar-refractivity contribution is -0.339. The second kappa shape index (κ2) is 6.17. The minimum atomic E-state index is -6.65. The Morgan fingerprint density at radius 3 is 1.87 bits per heavy atom. The Bertz CT molecular complexity index is 608. The van der Waals surface area contributed by atoms with Crippen LogP contribution >= 0.6 is 0 Å². The number of halogens is 7. The van der Waals surface area contributed by atoms with Gasteiger partial charge in [0.15, 0.2) is 0 Å². The molecule has 0 radical (unpaired) electrons. The molecule has 0 aliphatic heterocycles. The molecule has 0 saturated heterocycles. The van der Waals surface area contributed by atoms with Crippen LogP contribution in [-0.2, 0) is 4.74 Å². The molecular formula is C13H9F7O3. The first kappa shape index (κ1) is 18.9. The number of alkyl halides is 7. The van der Waals surface area contributed by atoms with Gasteiger partial charge in [0, 0.05) is 5.56 Å². The third kappa shape index (κ3) is 3.30. The maximum atomic E-state index is 13.4. The number of Topliss-reactive ketones (excluding diaryl/α,β-unsaturated/α-hetero) is 1. The van der Waals surface area contributed by atoms with Crippen LogP contribution in [0.4, 0.5) is 30.7 Å². The van der Waals surface area contributed by atoms with Gasteiger partial charge in [-0.15, -0.1) is 0 Å². The van der Waals surface area contributed by atoms with Crippen LogP contribution in [0.1, 0.15) is 27.6 Å². The van der Waals surface area contributed by atoms with E-state index in [4.69, 9.17) is 0 Å². The minimum Gasteiger partial charge on any atom is -0.462 e. The summed E-state index contributed by atoms with van der Waals surface area (Å²) < 4.78 is 93.5. The SMILES string of the molecule is CCOC(=O)c1ccccc1C(=O)C(F)(F)C(F)(F)C(F)(F)F. The third-order valence-corrected chi connectivity index (χ3v) is 2.70. The number of ether oxygens (including phenoxy) is 1. The molecule has 0 amide bonds. The molecule has 0 aromatic heterocycles. The molecule has 0 saturated carbocycles. The van der Waals surface area contributed by atoms with Crippen molar-refractivity contribution in [1.82, 2.24) is 0 Å². The molecule has 23 heavy (non-hydrogen) atoms. The van der Waals surface area contributed by atoms with Crippen LogP contribution in [0.5, 0.6) is 0 Å². The smallest absolute Gasteiger partial charge is 0.460 e. The Morgan fingerprint density at radius 2 is 1.43 bits per heavy atom. The second-order valence-corrected chi connectivity index (χ2v) is 4.24. The lowest BCUT2D eigenvalue weighted by atomic mass is 9.96. The van der Waals surface area contributed by atoms with Crippen LogP contribution in [-0.4, -0.2) is 36.4 Å². The summed E-state index contributed by atoms with van der Waals surface area (Å²) in [6, 6.07) is 3.36. The van der Waals surface area contributed by atoms with Crippen LogP contribution in [0, 0.1) is 0 Å². The summed E-state index contributed by atoms with van der Waals surface area (Å²) in [5.74, 6) is -16.8. The first-order valence-electron chi connectivity index (χ1n) is 6.01. The summed E-state index contributed by atoms with van der Waals surface area (Å²) in [5.41, 5.74) is -2.13. The highest BCUT2D eigenvalue weighted by molar-refractivity contribution is 6.09. The van der Waals surface area contributed by atoms with Crippen LogP contribution < -0.4 is 0 Å². The third-order valence-electron chi connectivity index (χ3n) is 2.70. The second-order valence-electron chi connectivity index (χ2n) is 4.24. The predicted molar refractivity (Wildman–Crippen MR) is 62.7 cm³/mol. The van der Waals surface area contributed by atoms with Crippen molar-refractivity contribution in [2.45, 2.75) is 24.9 Å². The van der Waals surface area contributed by atoms with E-state index in [2.05, 4.69) is 4.74 Å². The topological polar surface area (TPSA) is 43.4 Å². The first-order valence-corrected chi connectivity index (χ1v) is 6.01. The van der Waals surface area contributed by atoms with Crippen LogP contribution in [0.15, 0.2) is 24.3 Å². The van der Waals surface area contributed by atoms with Gasteiger partial charge in [-0.05, 0) is 13.0 Å². The molecule has 0 heterocycles. The molecule has 0 aliphatic rings. The highest BCUT2D eigenvalue weighted by Crippen LogP contribution is 2.48. The summed E-state index contributed by atoms with van der Waals surface area (Å²) in [6.45, 7) is 1.12. The fourth-order valence-electron chi connectivity index (χ4n) is 1.56. The Kier molecular flexibility index (Phi) is 5.07. The number of hydrogen-bond acceptors (Lipinski definition) is 3. The van der Waals surface area contributed by atoms with Crippen LogP contribution in [0.2, 0.25) is 0 Å². The maximum Gasteiger partial charge on any atom is 0.460 e. The van der Waals surface area contributed by atoms with Gasteiger partial charge in [0.25, 0.3) is 0 Å². The monoisotopic (exact) mass is 346 g/mol. The fourth-order valence-corrected chi connectivity index (χ4v) is 1.56. The van der Waals surface area contributed by atoms with Crippen molar-refractivity contribution in [3.63, 3.8) is 0 Å². The zero-order valence-electron chi connectivity index (χ0n) is 11.4. The van der Waals surface area contributed by atoms with E-state index in [1.54, 1.807) is 0 Å². The summed E-state index contributed by atoms with van der Waals surface area (Å²) in [4.78, 5) is 23.1. The van der Waals surface area contributed by atoms with Crippen molar-refractivity contribution in [2.24, 2.45) is 0 Å². The van der Waals surface area contributed by atoms with Crippen molar-refractivity contribution >= 4 is 11.8 Å². The van der Waals surface area contributed by atoms with Gasteiger partial charge in [-0.25, -0.2) is 4.79 Å². The average molecular weight is 346 g/mol. The lowest BCUT2D eigenvalue weighted by Crippen LogP contribution is -2.56. The van der Waals surface area contributed by atoms with E-state index < -0.39 is 40.9 Å². The van der Waals surface area contributed by atoms with Crippen molar-refractivity contribution in [3.8, 4) is 0 Å². The van der Waals surface area contributed by atoms with Crippen molar-refractivity contribution < 1.29 is 45.1 Å². The molecule has 128 valence electrons. The predicted octanol–water partition coefficient (Wildman–Crippen LogP) is 3.88. The quantitative estimate of drug-likeness (QED) is 0.462. The zero-order valence-corrected chi connectivity index (χ0v) is 11.4. The van der Waals surface area contributed by atoms with E-state index in [9.17, 15) is 40.3 Å². The van der Waals surface area contributed by atoms with Gasteiger partial charge < -0.3 is 4.74 Å². The summed E-state index contributed by atoms with van der Waals surface area (Å²) in [6.07, 6.45) is -6.65. The van der Waals surface area contributed by atoms with Crippen molar-refractivity contribution in [2.75, 3.05) is 6.61 Å². The van der Waals surface area contributed by atoms with E-state index in [0.717, 1.165) is 18.2 Å². The Labute approximate surface area is 125 Å². The standard InChI is InChI=1S/C13H9F7O3/c1-2-23-10(22)8-6-4-3-5-7(8)9(21)11(14,15)12(16,17)13(18,19)20/h3-6H,2H2,1H3. The Morgan fingerprint density at radius 1 is 0.957 bits per heavy atom. The molecule has 10 heteroatoms. The summed E-state index contributed by atoms with van der Waals surface area (Å²) >= 11 is 0. The Hall–Kier alpha value is -2.13. The summed E-state index contributed by atoms with van der Waals surface area (Å²) in [7, 11) is 0. The highest BCUT2D eigenvalue weighted by Gasteiger charge is 2.76. The molecule has 0 bridgehead atoms. The highest BCUT2D eigenvalue weighted by atomic mass is 19.4. The minimum absolute atomic E-state index is 0.226. The zero-order chi connectivity index (χ0) is 18.1. The van der Waals surface area contributed by atoms with Gasteiger partial charge >= 0.3 is 24.0 Å². The molecule has 3 nitrogen and oxygen atoms in total. The molecule has 0 N–H and O–H groups in total. The molecule has 0 fully saturated rings. The molecular weight excluding hydrogens is 337 g/mol. The molecule has 0 aliphatic carbocycles. The molecule has 1 rings (SSSR count). The normalized spacial score (nSPS) is 12.9. The number of carbonyl (C=O) groups is 2. The van der Waals surface area contributed by atoms with Crippen LogP contribution in [0.3, 0.4) is 0 Å². The van der Waals surface area contributed by atoms with E-state index >= 15 is 0 Å². The number of carbonyl (C=O) groups excluding carboxylic acids is 2. The van der Waals surface area contributed by atoms with E-state index in [1.807, 2.05) is 0 Å². The fraction of sp³-hybridized carbons (Fsp3) is 0.385. The van der Waals surface area contributed by atoms with Gasteiger partial charge in [-0.2, -0.15) is 30.7 Å². The Balaban J connectivity index is 3.38. The number of ketones is 1.